The third-order valence-corrected chi connectivity index (χ3v) is 5.17. The highest BCUT2D eigenvalue weighted by Gasteiger charge is 2.27. The molecule has 1 aromatic heterocycles. The van der Waals surface area contributed by atoms with E-state index in [0.29, 0.717) is 24.5 Å². The Morgan fingerprint density at radius 1 is 1.30 bits per heavy atom. The van der Waals surface area contributed by atoms with Gasteiger partial charge in [-0.25, -0.2) is 0 Å². The summed E-state index contributed by atoms with van der Waals surface area (Å²) in [5, 5.41) is 10.4. The van der Waals surface area contributed by atoms with Crippen molar-refractivity contribution >= 4 is 18.3 Å². The highest BCUT2D eigenvalue weighted by Crippen LogP contribution is 2.27. The van der Waals surface area contributed by atoms with E-state index in [4.69, 9.17) is 9.26 Å². The number of piperidine rings is 1. The van der Waals surface area contributed by atoms with Crippen LogP contribution in [0.15, 0.2) is 28.8 Å². The standard InChI is InChI=1S/C20H27N3O3.ClH/c1-14-17(15(2)26-23-14)12-25-18-7-5-4-6-16(18)19(24)22-13-20(3)8-10-21-11-9-20;/h4-7,21H,8-13H2,1-3H3,(H,22,24);1H. The highest BCUT2D eigenvalue weighted by atomic mass is 35.5. The predicted molar refractivity (Wildman–Crippen MR) is 107 cm³/mol. The maximum atomic E-state index is 12.7. The van der Waals surface area contributed by atoms with Crippen molar-refractivity contribution in [2.75, 3.05) is 19.6 Å². The number of para-hydroxylation sites is 1. The maximum absolute atomic E-state index is 12.7. The second-order valence-corrected chi connectivity index (χ2v) is 7.33. The number of hydrogen-bond acceptors (Lipinski definition) is 5. The number of nitrogens with one attached hydrogen (secondary N) is 2. The molecule has 0 spiro atoms. The van der Waals surface area contributed by atoms with Crippen LogP contribution in [0.1, 0.15) is 47.1 Å². The first kappa shape index (κ1) is 21.3. The first-order valence-electron chi connectivity index (χ1n) is 9.11. The SMILES string of the molecule is Cc1noc(C)c1COc1ccccc1C(=O)NCC1(C)CCNCC1.Cl. The van der Waals surface area contributed by atoms with Gasteiger partial charge in [0.1, 0.15) is 18.1 Å². The van der Waals surface area contributed by atoms with Gasteiger partial charge >= 0.3 is 0 Å². The summed E-state index contributed by atoms with van der Waals surface area (Å²) in [4.78, 5) is 12.7. The van der Waals surface area contributed by atoms with Gasteiger partial charge in [-0.1, -0.05) is 24.2 Å². The summed E-state index contributed by atoms with van der Waals surface area (Å²) in [6, 6.07) is 7.33. The van der Waals surface area contributed by atoms with E-state index < -0.39 is 0 Å². The van der Waals surface area contributed by atoms with Crippen LogP contribution >= 0.6 is 12.4 Å². The average Bonchev–Trinajstić information content (AvgIpc) is 2.97. The average molecular weight is 394 g/mol. The Labute approximate surface area is 166 Å². The quantitative estimate of drug-likeness (QED) is 0.786. The summed E-state index contributed by atoms with van der Waals surface area (Å²) in [6.07, 6.45) is 2.13. The summed E-state index contributed by atoms with van der Waals surface area (Å²) in [5.41, 5.74) is 2.43. The number of ether oxygens (including phenoxy) is 1. The van der Waals surface area contributed by atoms with Crippen molar-refractivity contribution in [2.24, 2.45) is 5.41 Å². The van der Waals surface area contributed by atoms with Crippen LogP contribution in [0.25, 0.3) is 0 Å². The van der Waals surface area contributed by atoms with Gasteiger partial charge in [0.25, 0.3) is 5.91 Å². The van der Waals surface area contributed by atoms with E-state index in [1.165, 1.54) is 0 Å². The zero-order valence-electron chi connectivity index (χ0n) is 16.1. The van der Waals surface area contributed by atoms with Gasteiger partial charge in [-0.3, -0.25) is 4.79 Å². The van der Waals surface area contributed by atoms with E-state index in [2.05, 4.69) is 22.7 Å². The summed E-state index contributed by atoms with van der Waals surface area (Å²) in [7, 11) is 0. The number of carbonyl (C=O) groups is 1. The van der Waals surface area contributed by atoms with Gasteiger partial charge in [0, 0.05) is 6.54 Å². The molecule has 148 valence electrons. The van der Waals surface area contributed by atoms with Crippen LogP contribution in [0.3, 0.4) is 0 Å². The number of aryl methyl sites for hydroxylation is 2. The molecule has 27 heavy (non-hydrogen) atoms. The van der Waals surface area contributed by atoms with Gasteiger partial charge in [-0.15, -0.1) is 12.4 Å². The van der Waals surface area contributed by atoms with Crippen LogP contribution in [-0.4, -0.2) is 30.7 Å². The molecular formula is C20H28ClN3O3. The van der Waals surface area contributed by atoms with Crippen LogP contribution in [0.4, 0.5) is 0 Å². The second-order valence-electron chi connectivity index (χ2n) is 7.33. The van der Waals surface area contributed by atoms with Gasteiger partial charge in [-0.05, 0) is 57.3 Å². The highest BCUT2D eigenvalue weighted by molar-refractivity contribution is 5.96. The van der Waals surface area contributed by atoms with Crippen molar-refractivity contribution in [3.63, 3.8) is 0 Å². The second kappa shape index (κ2) is 9.24. The van der Waals surface area contributed by atoms with Crippen molar-refractivity contribution < 1.29 is 14.1 Å². The smallest absolute Gasteiger partial charge is 0.255 e. The molecule has 1 amide bonds. The van der Waals surface area contributed by atoms with Gasteiger partial charge in [-0.2, -0.15) is 0 Å². The lowest BCUT2D eigenvalue weighted by molar-refractivity contribution is 0.0917. The summed E-state index contributed by atoms with van der Waals surface area (Å²) < 4.78 is 11.1. The Morgan fingerprint density at radius 3 is 2.67 bits per heavy atom. The molecule has 1 aliphatic rings. The molecule has 0 saturated carbocycles. The first-order valence-corrected chi connectivity index (χ1v) is 9.11. The molecule has 1 aliphatic heterocycles. The molecule has 3 rings (SSSR count). The van der Waals surface area contributed by atoms with E-state index in [1.807, 2.05) is 32.0 Å². The molecule has 0 bridgehead atoms. The maximum Gasteiger partial charge on any atom is 0.255 e. The third-order valence-electron chi connectivity index (χ3n) is 5.17. The lowest BCUT2D eigenvalue weighted by atomic mass is 9.81. The minimum Gasteiger partial charge on any atom is -0.488 e. The van der Waals surface area contributed by atoms with Crippen LogP contribution in [-0.2, 0) is 6.61 Å². The number of hydrogen-bond donors (Lipinski definition) is 2. The molecule has 0 aliphatic carbocycles. The third kappa shape index (κ3) is 5.23. The van der Waals surface area contributed by atoms with E-state index in [9.17, 15) is 4.79 Å². The number of rotatable bonds is 6. The summed E-state index contributed by atoms with van der Waals surface area (Å²) in [5.74, 6) is 1.21. The monoisotopic (exact) mass is 393 g/mol. The van der Waals surface area contributed by atoms with Crippen LogP contribution < -0.4 is 15.4 Å². The van der Waals surface area contributed by atoms with Crippen molar-refractivity contribution in [1.82, 2.24) is 15.8 Å². The molecule has 6 nitrogen and oxygen atoms in total. The molecule has 2 N–H and O–H groups in total. The number of carbonyl (C=O) groups excluding carboxylic acids is 1. The minimum absolute atomic E-state index is 0. The lowest BCUT2D eigenvalue weighted by Gasteiger charge is -2.34. The van der Waals surface area contributed by atoms with E-state index in [-0.39, 0.29) is 23.7 Å². The van der Waals surface area contributed by atoms with E-state index in [1.54, 1.807) is 6.07 Å². The normalized spacial score (nSPS) is 15.7. The van der Waals surface area contributed by atoms with Crippen molar-refractivity contribution in [1.29, 1.82) is 0 Å². The molecule has 1 aromatic carbocycles. The topological polar surface area (TPSA) is 76.4 Å². The Morgan fingerprint density at radius 2 is 2.00 bits per heavy atom. The van der Waals surface area contributed by atoms with Gasteiger partial charge in [0.05, 0.1) is 16.8 Å². The Hall–Kier alpha value is -2.05. The molecule has 0 atom stereocenters. The largest absolute Gasteiger partial charge is 0.488 e. The zero-order chi connectivity index (χ0) is 18.6. The fourth-order valence-corrected chi connectivity index (χ4v) is 3.23. The molecule has 0 radical (unpaired) electrons. The van der Waals surface area contributed by atoms with Crippen molar-refractivity contribution in [3.8, 4) is 5.75 Å². The van der Waals surface area contributed by atoms with Crippen LogP contribution in [0.2, 0.25) is 0 Å². The van der Waals surface area contributed by atoms with E-state index in [0.717, 1.165) is 42.9 Å². The minimum atomic E-state index is -0.0980. The molecule has 0 unspecified atom stereocenters. The molecule has 7 heteroatoms. The lowest BCUT2D eigenvalue weighted by Crippen LogP contribution is -2.42. The predicted octanol–water partition coefficient (Wildman–Crippen LogP) is 3.41. The zero-order valence-corrected chi connectivity index (χ0v) is 16.9. The van der Waals surface area contributed by atoms with Gasteiger partial charge < -0.3 is 19.9 Å². The molecule has 1 saturated heterocycles. The fraction of sp³-hybridized carbons (Fsp3) is 0.500. The van der Waals surface area contributed by atoms with Crippen molar-refractivity contribution in [2.45, 2.75) is 40.2 Å². The number of nitrogens with zero attached hydrogens (tertiary/aromatic N) is 1. The molecule has 2 aromatic rings. The molecule has 1 fully saturated rings. The number of benzene rings is 1. The summed E-state index contributed by atoms with van der Waals surface area (Å²) >= 11 is 0. The van der Waals surface area contributed by atoms with Gasteiger partial charge in [0.15, 0.2) is 0 Å². The van der Waals surface area contributed by atoms with Gasteiger partial charge in [0.2, 0.25) is 0 Å². The fourth-order valence-electron chi connectivity index (χ4n) is 3.23. The Bertz CT molecular complexity index is 750. The first-order chi connectivity index (χ1) is 12.5. The van der Waals surface area contributed by atoms with Crippen molar-refractivity contribution in [3.05, 3.63) is 46.8 Å². The number of halogens is 1. The number of amides is 1. The number of aromatic nitrogens is 1. The van der Waals surface area contributed by atoms with E-state index >= 15 is 0 Å². The Balaban J connectivity index is 0.00000261. The Kier molecular flexibility index (Phi) is 7.27. The van der Waals surface area contributed by atoms with Crippen LogP contribution in [0.5, 0.6) is 5.75 Å². The molecule has 2 heterocycles. The molecular weight excluding hydrogens is 366 g/mol. The van der Waals surface area contributed by atoms with Crippen LogP contribution in [0, 0.1) is 19.3 Å². The summed E-state index contributed by atoms with van der Waals surface area (Å²) in [6.45, 7) is 8.98.